The van der Waals surface area contributed by atoms with Crippen molar-refractivity contribution < 1.29 is 0 Å². The fourth-order valence-corrected chi connectivity index (χ4v) is 2.20. The number of nitrogens with zero attached hydrogens (tertiary/aromatic N) is 2. The average Bonchev–Trinajstić information content (AvgIpc) is 2.38. The smallest absolute Gasteiger partial charge is 0.0670 e. The molecule has 3 nitrogen and oxygen atoms in total. The zero-order valence-electron chi connectivity index (χ0n) is 10.2. The largest absolute Gasteiger partial charge is 0.294 e. The van der Waals surface area contributed by atoms with E-state index in [1.165, 1.54) is 29.9 Å². The van der Waals surface area contributed by atoms with Crippen LogP contribution in [-0.2, 0) is 13.0 Å². The van der Waals surface area contributed by atoms with E-state index in [4.69, 9.17) is 0 Å². The first-order chi connectivity index (χ1) is 6.98. The number of hydrogen-bond donors (Lipinski definition) is 1. The van der Waals surface area contributed by atoms with E-state index in [1.807, 2.05) is 0 Å². The summed E-state index contributed by atoms with van der Waals surface area (Å²) in [5, 5.41) is 7.48. The van der Waals surface area contributed by atoms with Crippen molar-refractivity contribution in [3.8, 4) is 0 Å². The number of aromatic amines is 1. The third kappa shape index (κ3) is 2.07. The van der Waals surface area contributed by atoms with Crippen LogP contribution in [0.25, 0.3) is 0 Å². The average molecular weight is 207 g/mol. The molecule has 84 valence electrons. The van der Waals surface area contributed by atoms with E-state index in [1.54, 1.807) is 0 Å². The van der Waals surface area contributed by atoms with Crippen LogP contribution in [0.5, 0.6) is 0 Å². The molecule has 1 N–H and O–H groups in total. The van der Waals surface area contributed by atoms with Crippen LogP contribution in [0.15, 0.2) is 0 Å². The first-order valence-electron chi connectivity index (χ1n) is 5.76. The summed E-state index contributed by atoms with van der Waals surface area (Å²) in [4.78, 5) is 2.54. The van der Waals surface area contributed by atoms with E-state index in [-0.39, 0.29) is 5.54 Å². The van der Waals surface area contributed by atoms with Gasteiger partial charge in [-0.25, -0.2) is 0 Å². The molecule has 0 saturated carbocycles. The van der Waals surface area contributed by atoms with Gasteiger partial charge >= 0.3 is 0 Å². The third-order valence-corrected chi connectivity index (χ3v) is 3.30. The number of rotatable bonds is 0. The van der Waals surface area contributed by atoms with Crippen molar-refractivity contribution in [3.63, 3.8) is 0 Å². The van der Waals surface area contributed by atoms with Crippen LogP contribution in [0.4, 0.5) is 0 Å². The second-order valence-electron chi connectivity index (χ2n) is 5.47. The van der Waals surface area contributed by atoms with Crippen molar-refractivity contribution >= 4 is 0 Å². The van der Waals surface area contributed by atoms with Gasteiger partial charge < -0.3 is 0 Å². The summed E-state index contributed by atoms with van der Waals surface area (Å²) >= 11 is 0. The van der Waals surface area contributed by atoms with Crippen molar-refractivity contribution in [1.29, 1.82) is 0 Å². The lowest BCUT2D eigenvalue weighted by Crippen LogP contribution is -2.40. The van der Waals surface area contributed by atoms with Crippen molar-refractivity contribution in [3.05, 3.63) is 17.0 Å². The zero-order valence-corrected chi connectivity index (χ0v) is 10.2. The van der Waals surface area contributed by atoms with Gasteiger partial charge in [0.25, 0.3) is 0 Å². The number of nitrogens with one attached hydrogen (secondary N) is 1. The molecule has 1 aliphatic heterocycles. The highest BCUT2D eigenvalue weighted by atomic mass is 15.2. The predicted molar refractivity (Wildman–Crippen MR) is 61.8 cm³/mol. The summed E-state index contributed by atoms with van der Waals surface area (Å²) in [5.41, 5.74) is 4.19. The molecular formula is C12H21N3. The van der Waals surface area contributed by atoms with Crippen molar-refractivity contribution in [2.45, 2.75) is 52.6 Å². The number of H-pyrrole nitrogens is 1. The molecule has 0 radical (unpaired) electrons. The summed E-state index contributed by atoms with van der Waals surface area (Å²) in [5.74, 6) is 0. The van der Waals surface area contributed by atoms with Crippen LogP contribution in [0.1, 0.15) is 44.1 Å². The Morgan fingerprint density at radius 1 is 1.33 bits per heavy atom. The first-order valence-corrected chi connectivity index (χ1v) is 5.76. The second-order valence-corrected chi connectivity index (χ2v) is 5.47. The maximum Gasteiger partial charge on any atom is 0.0670 e. The summed E-state index contributed by atoms with van der Waals surface area (Å²) in [6.45, 7) is 11.2. The van der Waals surface area contributed by atoms with Crippen LogP contribution < -0.4 is 0 Å². The van der Waals surface area contributed by atoms with Gasteiger partial charge in [-0.15, -0.1) is 0 Å². The molecule has 0 bridgehead atoms. The molecule has 0 spiro atoms. The monoisotopic (exact) mass is 207 g/mol. The lowest BCUT2D eigenvalue weighted by Gasteiger charge is -2.34. The van der Waals surface area contributed by atoms with E-state index >= 15 is 0 Å². The molecule has 2 heterocycles. The minimum Gasteiger partial charge on any atom is -0.294 e. The minimum absolute atomic E-state index is 0.255. The van der Waals surface area contributed by atoms with Crippen molar-refractivity contribution in [1.82, 2.24) is 15.1 Å². The standard InChI is InChI=1S/C12H21N3/c1-9-10-8-15(12(2,3)4)7-5-6-11(10)14-13-9/h5-8H2,1-4H3,(H,13,14). The van der Waals surface area contributed by atoms with Crippen LogP contribution in [0.2, 0.25) is 0 Å². The molecule has 3 heteroatoms. The molecule has 0 aliphatic carbocycles. The highest BCUT2D eigenvalue weighted by molar-refractivity contribution is 5.25. The maximum atomic E-state index is 4.38. The fraction of sp³-hybridized carbons (Fsp3) is 0.750. The summed E-state index contributed by atoms with van der Waals surface area (Å²) < 4.78 is 0. The molecular weight excluding hydrogens is 186 g/mol. The van der Waals surface area contributed by atoms with Crippen LogP contribution in [0.3, 0.4) is 0 Å². The molecule has 1 aromatic rings. The number of hydrogen-bond acceptors (Lipinski definition) is 2. The molecule has 0 atom stereocenters. The van der Waals surface area contributed by atoms with Gasteiger partial charge in [-0.2, -0.15) is 5.10 Å². The highest BCUT2D eigenvalue weighted by Crippen LogP contribution is 2.24. The Hall–Kier alpha value is -0.830. The number of aromatic nitrogens is 2. The van der Waals surface area contributed by atoms with Crippen LogP contribution in [-0.4, -0.2) is 27.2 Å². The Labute approximate surface area is 91.9 Å². The maximum absolute atomic E-state index is 4.38. The van der Waals surface area contributed by atoms with Crippen molar-refractivity contribution in [2.75, 3.05) is 6.54 Å². The molecule has 0 unspecified atom stereocenters. The molecule has 15 heavy (non-hydrogen) atoms. The van der Waals surface area contributed by atoms with E-state index in [2.05, 4.69) is 42.8 Å². The number of aryl methyl sites for hydroxylation is 2. The second kappa shape index (κ2) is 3.63. The molecule has 2 rings (SSSR count). The van der Waals surface area contributed by atoms with Gasteiger partial charge in [0.1, 0.15) is 0 Å². The van der Waals surface area contributed by atoms with Gasteiger partial charge in [0, 0.05) is 23.3 Å². The van der Waals surface area contributed by atoms with Gasteiger partial charge in [0.05, 0.1) is 5.69 Å². The SMILES string of the molecule is Cc1[nH]nc2c1CN(C(C)(C)C)CCC2. The van der Waals surface area contributed by atoms with Crippen LogP contribution >= 0.6 is 0 Å². The molecule has 0 aromatic carbocycles. The van der Waals surface area contributed by atoms with E-state index in [0.717, 1.165) is 13.0 Å². The Morgan fingerprint density at radius 2 is 2.07 bits per heavy atom. The lowest BCUT2D eigenvalue weighted by atomic mass is 10.0. The van der Waals surface area contributed by atoms with E-state index in [9.17, 15) is 0 Å². The topological polar surface area (TPSA) is 31.9 Å². The Kier molecular flexibility index (Phi) is 2.59. The molecule has 0 saturated heterocycles. The van der Waals surface area contributed by atoms with Gasteiger partial charge in [0.2, 0.25) is 0 Å². The highest BCUT2D eigenvalue weighted by Gasteiger charge is 2.26. The van der Waals surface area contributed by atoms with Gasteiger partial charge in [0.15, 0.2) is 0 Å². The summed E-state index contributed by atoms with van der Waals surface area (Å²) in [7, 11) is 0. The normalized spacial score (nSPS) is 18.7. The van der Waals surface area contributed by atoms with Crippen molar-refractivity contribution in [2.24, 2.45) is 0 Å². The van der Waals surface area contributed by atoms with Gasteiger partial charge in [-0.05, 0) is 47.1 Å². The fourth-order valence-electron chi connectivity index (χ4n) is 2.20. The van der Waals surface area contributed by atoms with E-state index in [0.29, 0.717) is 0 Å². The zero-order chi connectivity index (χ0) is 11.1. The molecule has 0 amide bonds. The minimum atomic E-state index is 0.255. The number of fused-ring (bicyclic) bond motifs is 1. The van der Waals surface area contributed by atoms with Crippen LogP contribution in [0, 0.1) is 6.92 Å². The Bertz CT molecular complexity index is 346. The molecule has 0 fully saturated rings. The quantitative estimate of drug-likeness (QED) is 0.707. The molecule has 1 aromatic heterocycles. The summed E-state index contributed by atoms with van der Waals surface area (Å²) in [6, 6.07) is 0. The summed E-state index contributed by atoms with van der Waals surface area (Å²) in [6.07, 6.45) is 2.33. The first kappa shape index (κ1) is 10.7. The Balaban J connectivity index is 2.27. The molecule has 1 aliphatic rings. The third-order valence-electron chi connectivity index (χ3n) is 3.30. The Morgan fingerprint density at radius 3 is 2.73 bits per heavy atom. The van der Waals surface area contributed by atoms with Gasteiger partial charge in [-0.1, -0.05) is 0 Å². The van der Waals surface area contributed by atoms with Gasteiger partial charge in [-0.3, -0.25) is 10.00 Å². The predicted octanol–water partition coefficient (Wildman–Crippen LogP) is 2.26. The van der Waals surface area contributed by atoms with E-state index < -0.39 is 0 Å². The lowest BCUT2D eigenvalue weighted by molar-refractivity contribution is 0.130.